The fourth-order valence-corrected chi connectivity index (χ4v) is 3.36. The molecule has 1 aromatic carbocycles. The fraction of sp³-hybridized carbons (Fsp3) is 0.412. The minimum Gasteiger partial charge on any atom is -0.481 e. The van der Waals surface area contributed by atoms with Gasteiger partial charge in [-0.05, 0) is 36.8 Å². The molecule has 2 aliphatic rings. The van der Waals surface area contributed by atoms with Crippen molar-refractivity contribution in [2.45, 2.75) is 31.7 Å². The second-order valence-electron chi connectivity index (χ2n) is 5.79. The molecular formula is C17H19NO3. The number of carbonyl (C=O) groups is 2. The number of hydrogen-bond donors (Lipinski definition) is 2. The molecule has 4 nitrogen and oxygen atoms in total. The van der Waals surface area contributed by atoms with Crippen LogP contribution in [0.3, 0.4) is 0 Å². The normalized spacial score (nSPS) is 27.1. The molecule has 0 radical (unpaired) electrons. The van der Waals surface area contributed by atoms with E-state index in [1.807, 2.05) is 30.4 Å². The van der Waals surface area contributed by atoms with Crippen LogP contribution in [0.25, 0.3) is 0 Å². The number of aliphatic carboxylic acids is 1. The fourth-order valence-electron chi connectivity index (χ4n) is 3.36. The first-order valence-corrected chi connectivity index (χ1v) is 7.43. The van der Waals surface area contributed by atoms with E-state index in [0.29, 0.717) is 12.8 Å². The van der Waals surface area contributed by atoms with Crippen LogP contribution in [0.2, 0.25) is 0 Å². The molecule has 0 heterocycles. The molecule has 0 saturated heterocycles. The van der Waals surface area contributed by atoms with Gasteiger partial charge in [0.05, 0.1) is 17.9 Å². The Morgan fingerprint density at radius 3 is 2.57 bits per heavy atom. The maximum atomic E-state index is 12.5. The van der Waals surface area contributed by atoms with Gasteiger partial charge in [-0.15, -0.1) is 0 Å². The summed E-state index contributed by atoms with van der Waals surface area (Å²) in [5.41, 5.74) is 2.45. The van der Waals surface area contributed by atoms with Gasteiger partial charge in [0.25, 0.3) is 0 Å². The number of aryl methyl sites for hydroxylation is 1. The molecule has 3 rings (SSSR count). The van der Waals surface area contributed by atoms with Crippen molar-refractivity contribution >= 4 is 11.9 Å². The Bertz CT molecular complexity index is 593. The Morgan fingerprint density at radius 2 is 1.81 bits per heavy atom. The van der Waals surface area contributed by atoms with Crippen molar-refractivity contribution < 1.29 is 14.7 Å². The molecule has 2 aliphatic carbocycles. The lowest BCUT2D eigenvalue weighted by Gasteiger charge is -2.26. The molecule has 2 N–H and O–H groups in total. The van der Waals surface area contributed by atoms with E-state index in [2.05, 4.69) is 11.4 Å². The number of fused-ring (bicyclic) bond motifs is 1. The number of carboxylic acids is 1. The summed E-state index contributed by atoms with van der Waals surface area (Å²) in [6.45, 7) is 0. The van der Waals surface area contributed by atoms with E-state index in [0.717, 1.165) is 12.8 Å². The number of hydrogen-bond acceptors (Lipinski definition) is 2. The summed E-state index contributed by atoms with van der Waals surface area (Å²) in [5, 5.41) is 12.3. The van der Waals surface area contributed by atoms with Gasteiger partial charge in [-0.2, -0.15) is 0 Å². The van der Waals surface area contributed by atoms with Crippen LogP contribution in [-0.2, 0) is 16.0 Å². The quantitative estimate of drug-likeness (QED) is 0.838. The first kappa shape index (κ1) is 13.9. The molecule has 0 aliphatic heterocycles. The smallest absolute Gasteiger partial charge is 0.307 e. The first-order chi connectivity index (χ1) is 10.2. The van der Waals surface area contributed by atoms with Crippen LogP contribution in [0.5, 0.6) is 0 Å². The van der Waals surface area contributed by atoms with Crippen LogP contribution in [0.4, 0.5) is 0 Å². The number of carboxylic acid groups (broad SMARTS) is 1. The largest absolute Gasteiger partial charge is 0.481 e. The molecule has 3 atom stereocenters. The zero-order valence-electron chi connectivity index (χ0n) is 11.8. The second kappa shape index (κ2) is 5.72. The molecule has 0 fully saturated rings. The summed E-state index contributed by atoms with van der Waals surface area (Å²) >= 11 is 0. The van der Waals surface area contributed by atoms with Crippen molar-refractivity contribution in [1.82, 2.24) is 5.32 Å². The van der Waals surface area contributed by atoms with Gasteiger partial charge in [-0.3, -0.25) is 9.59 Å². The monoisotopic (exact) mass is 285 g/mol. The average molecular weight is 285 g/mol. The molecule has 0 bridgehead atoms. The lowest BCUT2D eigenvalue weighted by molar-refractivity contribution is -0.147. The molecule has 3 unspecified atom stereocenters. The third-order valence-electron chi connectivity index (χ3n) is 4.54. The molecule has 0 aromatic heterocycles. The Hall–Kier alpha value is -2.10. The van der Waals surface area contributed by atoms with E-state index in [1.165, 1.54) is 11.1 Å². The molecule has 0 spiro atoms. The standard InChI is InChI=1S/C17H19NO3/c19-16(13-7-3-4-8-14(13)17(20)21)18-15-10-9-11-5-1-2-6-12(11)15/h1-6,13-15H,7-10H2,(H,18,19)(H,20,21). The highest BCUT2D eigenvalue weighted by Crippen LogP contribution is 2.32. The number of carbonyl (C=O) groups excluding carboxylic acids is 1. The topological polar surface area (TPSA) is 66.4 Å². The zero-order chi connectivity index (χ0) is 14.8. The van der Waals surface area contributed by atoms with Crippen molar-refractivity contribution in [2.75, 3.05) is 0 Å². The van der Waals surface area contributed by atoms with E-state index in [1.54, 1.807) is 0 Å². The number of benzene rings is 1. The molecule has 1 aromatic rings. The summed E-state index contributed by atoms with van der Waals surface area (Å²) in [4.78, 5) is 23.8. The SMILES string of the molecule is O=C(O)C1CC=CCC1C(=O)NC1CCc2ccccc21. The number of allylic oxidation sites excluding steroid dienone is 2. The lowest BCUT2D eigenvalue weighted by Crippen LogP contribution is -2.40. The van der Waals surface area contributed by atoms with Crippen molar-refractivity contribution in [1.29, 1.82) is 0 Å². The maximum absolute atomic E-state index is 12.5. The highest BCUT2D eigenvalue weighted by atomic mass is 16.4. The number of rotatable bonds is 3. The van der Waals surface area contributed by atoms with Gasteiger partial charge >= 0.3 is 5.97 Å². The van der Waals surface area contributed by atoms with Crippen LogP contribution in [0, 0.1) is 11.8 Å². The van der Waals surface area contributed by atoms with E-state index >= 15 is 0 Å². The molecule has 110 valence electrons. The Balaban J connectivity index is 1.72. The van der Waals surface area contributed by atoms with Crippen LogP contribution in [0.1, 0.15) is 36.4 Å². The van der Waals surface area contributed by atoms with Crippen LogP contribution >= 0.6 is 0 Å². The molecule has 4 heteroatoms. The number of nitrogens with one attached hydrogen (secondary N) is 1. The lowest BCUT2D eigenvalue weighted by atomic mass is 9.82. The van der Waals surface area contributed by atoms with Crippen molar-refractivity contribution in [3.8, 4) is 0 Å². The van der Waals surface area contributed by atoms with E-state index < -0.39 is 17.8 Å². The van der Waals surface area contributed by atoms with Crippen LogP contribution < -0.4 is 5.32 Å². The van der Waals surface area contributed by atoms with Gasteiger partial charge in [0.1, 0.15) is 0 Å². The zero-order valence-corrected chi connectivity index (χ0v) is 11.8. The van der Waals surface area contributed by atoms with Gasteiger partial charge in [-0.25, -0.2) is 0 Å². The third-order valence-corrected chi connectivity index (χ3v) is 4.54. The van der Waals surface area contributed by atoms with E-state index in [9.17, 15) is 14.7 Å². The van der Waals surface area contributed by atoms with Crippen LogP contribution in [0.15, 0.2) is 36.4 Å². The summed E-state index contributed by atoms with van der Waals surface area (Å²) < 4.78 is 0. The summed E-state index contributed by atoms with van der Waals surface area (Å²) in [6.07, 6.45) is 6.57. The highest BCUT2D eigenvalue weighted by Gasteiger charge is 2.35. The first-order valence-electron chi connectivity index (χ1n) is 7.43. The minimum atomic E-state index is -0.883. The molecule has 21 heavy (non-hydrogen) atoms. The molecular weight excluding hydrogens is 266 g/mol. The van der Waals surface area contributed by atoms with E-state index in [4.69, 9.17) is 0 Å². The van der Waals surface area contributed by atoms with Crippen molar-refractivity contribution in [3.05, 3.63) is 47.5 Å². The van der Waals surface area contributed by atoms with Gasteiger partial charge in [0.2, 0.25) is 5.91 Å². The Morgan fingerprint density at radius 1 is 1.10 bits per heavy atom. The maximum Gasteiger partial charge on any atom is 0.307 e. The van der Waals surface area contributed by atoms with Crippen LogP contribution in [-0.4, -0.2) is 17.0 Å². The predicted octanol–water partition coefficient (Wildman–Crippen LogP) is 2.46. The predicted molar refractivity (Wildman–Crippen MR) is 78.6 cm³/mol. The average Bonchev–Trinajstić information content (AvgIpc) is 2.90. The summed E-state index contributed by atoms with van der Waals surface area (Å²) in [6, 6.07) is 8.14. The Kier molecular flexibility index (Phi) is 3.78. The summed E-state index contributed by atoms with van der Waals surface area (Å²) in [5.74, 6) is -2.08. The number of amides is 1. The van der Waals surface area contributed by atoms with E-state index in [-0.39, 0.29) is 11.9 Å². The Labute approximate surface area is 123 Å². The van der Waals surface area contributed by atoms with Crippen molar-refractivity contribution in [2.24, 2.45) is 11.8 Å². The molecule has 1 amide bonds. The van der Waals surface area contributed by atoms with Gasteiger partial charge in [-0.1, -0.05) is 36.4 Å². The third kappa shape index (κ3) is 2.71. The highest BCUT2D eigenvalue weighted by molar-refractivity contribution is 5.85. The minimum absolute atomic E-state index is 0.0223. The van der Waals surface area contributed by atoms with Gasteiger partial charge < -0.3 is 10.4 Å². The van der Waals surface area contributed by atoms with Gasteiger partial charge in [0, 0.05) is 0 Å². The molecule has 0 saturated carbocycles. The second-order valence-corrected chi connectivity index (χ2v) is 5.79. The van der Waals surface area contributed by atoms with Gasteiger partial charge in [0.15, 0.2) is 0 Å². The van der Waals surface area contributed by atoms with Crippen molar-refractivity contribution in [3.63, 3.8) is 0 Å². The summed E-state index contributed by atoms with van der Waals surface area (Å²) in [7, 11) is 0.